The van der Waals surface area contributed by atoms with Crippen LogP contribution in [0.25, 0.3) is 10.9 Å². The summed E-state index contributed by atoms with van der Waals surface area (Å²) >= 11 is 0. The number of hydrogen-bond acceptors (Lipinski definition) is 4. The van der Waals surface area contributed by atoms with E-state index < -0.39 is 0 Å². The van der Waals surface area contributed by atoms with Gasteiger partial charge in [-0.1, -0.05) is 0 Å². The van der Waals surface area contributed by atoms with Crippen LogP contribution in [0, 0.1) is 0 Å². The van der Waals surface area contributed by atoms with E-state index in [1.165, 1.54) is 0 Å². The second-order valence-corrected chi connectivity index (χ2v) is 9.07. The number of carbonyl (C=O) groups is 1. The Balaban J connectivity index is 1.23. The number of benzene rings is 3. The fraction of sp³-hybridized carbons (Fsp3) is 0.129. The van der Waals surface area contributed by atoms with E-state index in [0.29, 0.717) is 5.56 Å². The van der Waals surface area contributed by atoms with Crippen LogP contribution >= 0.6 is 0 Å². The van der Waals surface area contributed by atoms with Crippen LogP contribution in [0.3, 0.4) is 0 Å². The van der Waals surface area contributed by atoms with Crippen LogP contribution in [-0.4, -0.2) is 5.91 Å². The summed E-state index contributed by atoms with van der Waals surface area (Å²) in [5, 5.41) is 10.9. The van der Waals surface area contributed by atoms with Gasteiger partial charge < -0.3 is 21.7 Å². The number of nitrogens with one attached hydrogen (secondary N) is 3. The molecule has 0 aliphatic rings. The first kappa shape index (κ1) is 24.8. The van der Waals surface area contributed by atoms with Crippen molar-refractivity contribution >= 4 is 50.9 Å². The minimum atomic E-state index is -0.158. The lowest BCUT2D eigenvalue weighted by atomic mass is 10.1. The van der Waals surface area contributed by atoms with Crippen LogP contribution in [0.15, 0.2) is 104 Å². The zero-order valence-electron chi connectivity index (χ0n) is 21.6. The van der Waals surface area contributed by atoms with Crippen molar-refractivity contribution in [3.05, 3.63) is 109 Å². The third-order valence-electron chi connectivity index (χ3n) is 6.50. The van der Waals surface area contributed by atoms with Gasteiger partial charge in [0.05, 0.1) is 16.8 Å². The van der Waals surface area contributed by atoms with Crippen LogP contribution < -0.4 is 30.8 Å². The van der Waals surface area contributed by atoms with Gasteiger partial charge in [0.15, 0.2) is 18.6 Å². The van der Waals surface area contributed by atoms with Gasteiger partial charge in [0.25, 0.3) is 5.91 Å². The number of fused-ring (bicyclic) bond motifs is 1. The maximum atomic E-state index is 12.8. The first-order chi connectivity index (χ1) is 18.5. The van der Waals surface area contributed by atoms with E-state index in [1.54, 1.807) is 0 Å². The van der Waals surface area contributed by atoms with Gasteiger partial charge in [-0.3, -0.25) is 4.79 Å². The van der Waals surface area contributed by atoms with Crippen molar-refractivity contribution in [1.82, 2.24) is 0 Å². The van der Waals surface area contributed by atoms with E-state index in [2.05, 4.69) is 51.2 Å². The van der Waals surface area contributed by atoms with Gasteiger partial charge >= 0.3 is 0 Å². The topological polar surface area (TPSA) is 86.9 Å². The molecule has 0 aliphatic heterocycles. The molecule has 7 nitrogen and oxygen atoms in total. The molecule has 1 amide bonds. The van der Waals surface area contributed by atoms with E-state index in [0.717, 1.165) is 58.1 Å². The monoisotopic (exact) mass is 504 g/mol. The van der Waals surface area contributed by atoms with Crippen molar-refractivity contribution in [1.29, 1.82) is 0 Å². The molecule has 0 spiro atoms. The zero-order chi connectivity index (χ0) is 26.5. The molecule has 5 N–H and O–H groups in total. The SMILES string of the molecule is CC[n+]1ccc(Nc2ccc(C(=O)Nc3ccc(Nc4cc[n+](CC)c5ccc(N)cc45)cc3)cc2)cc1. The van der Waals surface area contributed by atoms with Gasteiger partial charge in [-0.15, -0.1) is 0 Å². The van der Waals surface area contributed by atoms with Crippen LogP contribution in [0.4, 0.5) is 34.1 Å². The predicted molar refractivity (Wildman–Crippen MR) is 154 cm³/mol. The van der Waals surface area contributed by atoms with Crippen molar-refractivity contribution in [2.75, 3.05) is 21.7 Å². The summed E-state index contributed by atoms with van der Waals surface area (Å²) < 4.78 is 4.28. The highest BCUT2D eigenvalue weighted by molar-refractivity contribution is 6.04. The summed E-state index contributed by atoms with van der Waals surface area (Å²) in [7, 11) is 0. The summed E-state index contributed by atoms with van der Waals surface area (Å²) in [5.74, 6) is -0.158. The normalized spacial score (nSPS) is 10.8. The van der Waals surface area contributed by atoms with Crippen molar-refractivity contribution in [2.24, 2.45) is 0 Å². The van der Waals surface area contributed by atoms with Crippen LogP contribution in [0.5, 0.6) is 0 Å². The Kier molecular flexibility index (Phi) is 7.17. The number of amides is 1. The number of anilines is 6. The molecule has 3 aromatic carbocycles. The molecule has 0 atom stereocenters. The minimum absolute atomic E-state index is 0.158. The summed E-state index contributed by atoms with van der Waals surface area (Å²) in [6, 6.07) is 27.2. The Bertz CT molecular complexity index is 1560. The summed E-state index contributed by atoms with van der Waals surface area (Å²) in [4.78, 5) is 12.8. The molecule has 2 aromatic heterocycles. The molecule has 0 saturated carbocycles. The predicted octanol–water partition coefficient (Wildman–Crippen LogP) is 5.78. The number of nitrogen functional groups attached to an aromatic ring is 1. The minimum Gasteiger partial charge on any atom is -0.399 e. The van der Waals surface area contributed by atoms with Crippen LogP contribution in [0.2, 0.25) is 0 Å². The molecule has 0 saturated heterocycles. The second-order valence-electron chi connectivity index (χ2n) is 9.07. The summed E-state index contributed by atoms with van der Waals surface area (Å²) in [6.45, 7) is 6.03. The number of aryl methyl sites for hydroxylation is 2. The standard InChI is InChI=1S/C31H30N6O/c1-3-36-18-15-27(16-19-36)33-24-8-5-22(6-9-24)31(38)35-26-12-10-25(11-13-26)34-29-17-20-37(4-2)30-14-7-23(32)21-28(29)30/h5-21H,3-4,32H2,1-2H3,(H,35,38)/p+2. The number of hydrogen-bond donors (Lipinski definition) is 4. The second kappa shape index (κ2) is 11.0. The van der Waals surface area contributed by atoms with Crippen molar-refractivity contribution in [3.8, 4) is 0 Å². The van der Waals surface area contributed by atoms with Crippen LogP contribution in [-0.2, 0) is 13.1 Å². The fourth-order valence-corrected chi connectivity index (χ4v) is 4.36. The Labute approximate surface area is 222 Å². The average molecular weight is 505 g/mol. The summed E-state index contributed by atoms with van der Waals surface area (Å²) in [6.07, 6.45) is 6.13. The first-order valence-electron chi connectivity index (χ1n) is 12.8. The van der Waals surface area contributed by atoms with E-state index >= 15 is 0 Å². The van der Waals surface area contributed by atoms with Gasteiger partial charge in [0, 0.05) is 52.6 Å². The molecular weight excluding hydrogens is 472 g/mol. The van der Waals surface area contributed by atoms with Gasteiger partial charge in [0.2, 0.25) is 5.52 Å². The molecule has 2 heterocycles. The smallest absolute Gasteiger partial charge is 0.255 e. The number of nitrogens with two attached hydrogens (primary N) is 1. The molecule has 0 unspecified atom stereocenters. The Morgan fingerprint density at radius 3 is 2.03 bits per heavy atom. The van der Waals surface area contributed by atoms with Gasteiger partial charge in [-0.05, 0) is 74.5 Å². The van der Waals surface area contributed by atoms with E-state index in [1.807, 2.05) is 91.3 Å². The lowest BCUT2D eigenvalue weighted by Crippen LogP contribution is -2.32. The molecule has 7 heteroatoms. The van der Waals surface area contributed by atoms with E-state index in [9.17, 15) is 4.79 Å². The molecule has 0 bridgehead atoms. The molecule has 5 rings (SSSR count). The average Bonchev–Trinajstić information content (AvgIpc) is 2.95. The molecule has 190 valence electrons. The van der Waals surface area contributed by atoms with E-state index in [-0.39, 0.29) is 5.91 Å². The zero-order valence-corrected chi connectivity index (χ0v) is 21.6. The van der Waals surface area contributed by atoms with Crippen molar-refractivity contribution < 1.29 is 13.9 Å². The van der Waals surface area contributed by atoms with Crippen LogP contribution in [0.1, 0.15) is 24.2 Å². The van der Waals surface area contributed by atoms with E-state index in [4.69, 9.17) is 5.73 Å². The lowest BCUT2D eigenvalue weighted by Gasteiger charge is -2.11. The van der Waals surface area contributed by atoms with Gasteiger partial charge in [-0.2, -0.15) is 4.57 Å². The number of nitrogens with zero attached hydrogens (tertiary/aromatic N) is 2. The third kappa shape index (κ3) is 5.57. The molecule has 0 radical (unpaired) electrons. The Morgan fingerprint density at radius 1 is 0.711 bits per heavy atom. The molecule has 0 fully saturated rings. The number of aromatic nitrogens is 2. The highest BCUT2D eigenvalue weighted by atomic mass is 16.1. The molecule has 38 heavy (non-hydrogen) atoms. The largest absolute Gasteiger partial charge is 0.399 e. The van der Waals surface area contributed by atoms with Crippen molar-refractivity contribution in [2.45, 2.75) is 26.9 Å². The Hall–Kier alpha value is -4.91. The highest BCUT2D eigenvalue weighted by Crippen LogP contribution is 2.27. The maximum absolute atomic E-state index is 12.8. The molecule has 5 aromatic rings. The lowest BCUT2D eigenvalue weighted by molar-refractivity contribution is -0.693. The van der Waals surface area contributed by atoms with Gasteiger partial charge in [0.1, 0.15) is 13.1 Å². The number of pyridine rings is 2. The first-order valence-corrected chi connectivity index (χ1v) is 12.8. The maximum Gasteiger partial charge on any atom is 0.255 e. The third-order valence-corrected chi connectivity index (χ3v) is 6.50. The highest BCUT2D eigenvalue weighted by Gasteiger charge is 2.12. The van der Waals surface area contributed by atoms with Crippen molar-refractivity contribution in [3.63, 3.8) is 0 Å². The summed E-state index contributed by atoms with van der Waals surface area (Å²) in [5.41, 5.74) is 13.0. The quantitative estimate of drug-likeness (QED) is 0.159. The number of carbonyl (C=O) groups excluding carboxylic acids is 1. The molecule has 0 aliphatic carbocycles. The van der Waals surface area contributed by atoms with Gasteiger partial charge in [-0.25, -0.2) is 4.57 Å². The fourth-order valence-electron chi connectivity index (χ4n) is 4.36. The Morgan fingerprint density at radius 2 is 1.34 bits per heavy atom. The molecular formula is C31H32N6O+2. The number of rotatable bonds is 8.